The van der Waals surface area contributed by atoms with Gasteiger partial charge in [-0.15, -0.1) is 0 Å². The van der Waals surface area contributed by atoms with E-state index < -0.39 is 10.6 Å². The Morgan fingerprint density at radius 1 is 1.25 bits per heavy atom. The fourth-order valence-corrected chi connectivity index (χ4v) is 4.29. The Bertz CT molecular complexity index is 404. The molecule has 0 radical (unpaired) electrons. The van der Waals surface area contributed by atoms with E-state index in [0.29, 0.717) is 11.8 Å². The summed E-state index contributed by atoms with van der Waals surface area (Å²) < 4.78 is 20.0. The average molecular weight is 239 g/mol. The monoisotopic (exact) mass is 239 g/mol. The molecule has 1 aliphatic carbocycles. The van der Waals surface area contributed by atoms with Gasteiger partial charge in [-0.1, -0.05) is 18.2 Å². The molecule has 1 saturated carbocycles. The first-order valence-corrected chi connectivity index (χ1v) is 7.47. The highest BCUT2D eigenvalue weighted by Gasteiger charge is 2.35. The first kappa shape index (κ1) is 10.6. The molecular weight excluding hydrogens is 222 g/mol. The Labute approximate surface area is 97.2 Å². The molecule has 3 N–H and O–H groups in total. The molecule has 4 heteroatoms. The van der Waals surface area contributed by atoms with Gasteiger partial charge in [0.05, 0.1) is 10.6 Å². The second-order valence-electron chi connectivity index (χ2n) is 4.75. The number of hydrogen-bond donors (Lipinski definition) is 3. The summed E-state index contributed by atoms with van der Waals surface area (Å²) in [7, 11) is -2.52. The normalized spacial score (nSPS) is 28.8. The van der Waals surface area contributed by atoms with Crippen molar-refractivity contribution in [3.8, 4) is 0 Å². The fourth-order valence-electron chi connectivity index (χ4n) is 2.34. The molecule has 3 rings (SSSR count). The smallest absolute Gasteiger partial charge is 0.0619 e. The zero-order valence-electron chi connectivity index (χ0n) is 9.10. The summed E-state index contributed by atoms with van der Waals surface area (Å²) in [6.45, 7) is 0.873. The molecule has 0 spiro atoms. The minimum atomic E-state index is -2.52. The van der Waals surface area contributed by atoms with Gasteiger partial charge < -0.3 is 5.32 Å². The van der Waals surface area contributed by atoms with Crippen molar-refractivity contribution < 1.29 is 9.11 Å². The molecule has 0 amide bonds. The second-order valence-corrected chi connectivity index (χ2v) is 6.86. The molecule has 1 unspecified atom stereocenters. The zero-order chi connectivity index (χ0) is 11.2. The number of rotatable bonds is 3. The molecule has 1 aromatic carbocycles. The topological polar surface area (TPSA) is 52.5 Å². The van der Waals surface area contributed by atoms with E-state index in [4.69, 9.17) is 0 Å². The van der Waals surface area contributed by atoms with E-state index >= 15 is 0 Å². The standard InChI is InChI=1S/C12H17NO2S/c14-16(15)8-9(7-13-10-5-6-10)11-3-1-2-4-12(11)16/h1-4,9-10,13-15H,5-8H2. The molecule has 1 heterocycles. The Hall–Kier alpha value is -0.550. The highest BCUT2D eigenvalue weighted by molar-refractivity contribution is 8.24. The summed E-state index contributed by atoms with van der Waals surface area (Å²) in [5.41, 5.74) is 1.12. The third-order valence-corrected chi connectivity index (χ3v) is 5.32. The van der Waals surface area contributed by atoms with Crippen LogP contribution in [0.1, 0.15) is 24.3 Å². The molecule has 2 aliphatic rings. The first-order chi connectivity index (χ1) is 7.67. The van der Waals surface area contributed by atoms with Crippen LogP contribution in [0.3, 0.4) is 0 Å². The lowest BCUT2D eigenvalue weighted by Gasteiger charge is -2.27. The molecular formula is C12H17NO2S. The lowest BCUT2D eigenvalue weighted by molar-refractivity contribution is 0.488. The zero-order valence-corrected chi connectivity index (χ0v) is 9.91. The highest BCUT2D eigenvalue weighted by Crippen LogP contribution is 2.59. The van der Waals surface area contributed by atoms with Gasteiger partial charge in [0.25, 0.3) is 0 Å². The van der Waals surface area contributed by atoms with E-state index in [1.165, 1.54) is 12.8 Å². The van der Waals surface area contributed by atoms with E-state index in [-0.39, 0.29) is 5.92 Å². The third-order valence-electron chi connectivity index (χ3n) is 3.37. The van der Waals surface area contributed by atoms with Crippen LogP contribution in [0, 0.1) is 0 Å². The van der Waals surface area contributed by atoms with Crippen LogP contribution in [0.25, 0.3) is 0 Å². The van der Waals surface area contributed by atoms with Crippen LogP contribution in [0.5, 0.6) is 0 Å². The van der Waals surface area contributed by atoms with Gasteiger partial charge in [-0.05, 0) is 24.5 Å². The van der Waals surface area contributed by atoms with E-state index in [2.05, 4.69) is 5.32 Å². The Morgan fingerprint density at radius 2 is 2.00 bits per heavy atom. The minimum Gasteiger partial charge on any atom is -0.313 e. The highest BCUT2D eigenvalue weighted by atomic mass is 32.3. The maximum absolute atomic E-state index is 10.0. The van der Waals surface area contributed by atoms with Crippen LogP contribution < -0.4 is 5.32 Å². The summed E-state index contributed by atoms with van der Waals surface area (Å²) >= 11 is 0. The summed E-state index contributed by atoms with van der Waals surface area (Å²) in [4.78, 5) is 0.762. The van der Waals surface area contributed by atoms with Gasteiger partial charge in [-0.3, -0.25) is 9.11 Å². The Kier molecular flexibility index (Phi) is 2.47. The van der Waals surface area contributed by atoms with Crippen molar-refractivity contribution in [1.29, 1.82) is 0 Å². The van der Waals surface area contributed by atoms with Gasteiger partial charge in [0.1, 0.15) is 0 Å². The number of fused-ring (bicyclic) bond motifs is 1. The van der Waals surface area contributed by atoms with Crippen LogP contribution in [0.4, 0.5) is 0 Å². The molecule has 1 aromatic rings. The second kappa shape index (κ2) is 3.74. The molecule has 88 valence electrons. The van der Waals surface area contributed by atoms with Crippen LogP contribution in [-0.4, -0.2) is 27.4 Å². The van der Waals surface area contributed by atoms with Gasteiger partial charge >= 0.3 is 0 Å². The molecule has 1 aliphatic heterocycles. The number of hydrogen-bond acceptors (Lipinski definition) is 3. The molecule has 0 bridgehead atoms. The average Bonchev–Trinajstić information content (AvgIpc) is 3.04. The van der Waals surface area contributed by atoms with Crippen molar-refractivity contribution in [3.63, 3.8) is 0 Å². The number of nitrogens with one attached hydrogen (secondary N) is 1. The fraction of sp³-hybridized carbons (Fsp3) is 0.500. The van der Waals surface area contributed by atoms with Crippen molar-refractivity contribution in [2.45, 2.75) is 29.7 Å². The summed E-state index contributed by atoms with van der Waals surface area (Å²) in [6.07, 6.45) is 2.54. The van der Waals surface area contributed by atoms with Crippen molar-refractivity contribution in [3.05, 3.63) is 29.8 Å². The van der Waals surface area contributed by atoms with E-state index in [1.54, 1.807) is 0 Å². The predicted octanol–water partition coefficient (Wildman–Crippen LogP) is 2.65. The Balaban J connectivity index is 1.81. The lowest BCUT2D eigenvalue weighted by atomic mass is 10.0. The minimum absolute atomic E-state index is 0.266. The van der Waals surface area contributed by atoms with Gasteiger partial charge in [-0.2, -0.15) is 10.6 Å². The molecule has 0 aromatic heterocycles. The van der Waals surface area contributed by atoms with Crippen molar-refractivity contribution in [1.82, 2.24) is 5.32 Å². The van der Waals surface area contributed by atoms with E-state index in [1.807, 2.05) is 24.3 Å². The maximum Gasteiger partial charge on any atom is 0.0619 e. The lowest BCUT2D eigenvalue weighted by Crippen LogP contribution is -2.24. The van der Waals surface area contributed by atoms with E-state index in [0.717, 1.165) is 17.0 Å². The summed E-state index contributed by atoms with van der Waals surface area (Å²) in [5.74, 6) is 0.758. The van der Waals surface area contributed by atoms with Gasteiger partial charge in [0.2, 0.25) is 0 Å². The summed E-state index contributed by atoms with van der Waals surface area (Å²) in [5, 5.41) is 3.47. The van der Waals surface area contributed by atoms with Crippen molar-refractivity contribution in [2.75, 3.05) is 12.3 Å². The van der Waals surface area contributed by atoms with Crippen LogP contribution in [-0.2, 0) is 0 Å². The van der Waals surface area contributed by atoms with Crippen LogP contribution in [0.15, 0.2) is 29.2 Å². The molecule has 0 saturated heterocycles. The van der Waals surface area contributed by atoms with Crippen LogP contribution in [0.2, 0.25) is 0 Å². The van der Waals surface area contributed by atoms with Gasteiger partial charge in [0.15, 0.2) is 0 Å². The third kappa shape index (κ3) is 1.86. The molecule has 1 fully saturated rings. The Morgan fingerprint density at radius 3 is 2.75 bits per heavy atom. The largest absolute Gasteiger partial charge is 0.313 e. The van der Waals surface area contributed by atoms with E-state index in [9.17, 15) is 9.11 Å². The summed E-state index contributed by atoms with van der Waals surface area (Å²) in [6, 6.07) is 8.40. The number of benzene rings is 1. The molecule has 1 atom stereocenters. The maximum atomic E-state index is 10.0. The van der Waals surface area contributed by atoms with Crippen LogP contribution >= 0.6 is 10.6 Å². The quantitative estimate of drug-likeness (QED) is 0.760. The SMILES string of the molecule is OS1(O)CC(CNC2CC2)c2ccccc21. The first-order valence-electron chi connectivity index (χ1n) is 5.75. The van der Waals surface area contributed by atoms with Gasteiger partial charge in [-0.25, -0.2) is 0 Å². The van der Waals surface area contributed by atoms with Crippen molar-refractivity contribution >= 4 is 10.6 Å². The van der Waals surface area contributed by atoms with Gasteiger partial charge in [0, 0.05) is 18.5 Å². The van der Waals surface area contributed by atoms with Crippen molar-refractivity contribution in [2.24, 2.45) is 0 Å². The molecule has 3 nitrogen and oxygen atoms in total. The molecule has 16 heavy (non-hydrogen) atoms. The predicted molar refractivity (Wildman–Crippen MR) is 66.2 cm³/mol.